The lowest BCUT2D eigenvalue weighted by atomic mass is 9.86. The van der Waals surface area contributed by atoms with Gasteiger partial charge in [-0.3, -0.25) is 0 Å². The van der Waals surface area contributed by atoms with E-state index in [1.807, 2.05) is 0 Å². The zero-order valence-electron chi connectivity index (χ0n) is 18.8. The zero-order valence-corrected chi connectivity index (χ0v) is 18.8. The first-order valence-electron chi connectivity index (χ1n) is 11.1. The molecule has 0 fully saturated rings. The molecule has 0 bridgehead atoms. The summed E-state index contributed by atoms with van der Waals surface area (Å²) in [4.78, 5) is 0. The van der Waals surface area contributed by atoms with Crippen LogP contribution in [0.4, 0.5) is 0 Å². The van der Waals surface area contributed by atoms with E-state index in [4.69, 9.17) is 0 Å². The van der Waals surface area contributed by atoms with Crippen molar-refractivity contribution < 1.29 is 0 Å². The van der Waals surface area contributed by atoms with Crippen LogP contribution in [0, 0.1) is 11.8 Å². The third-order valence-corrected chi connectivity index (χ3v) is 6.08. The van der Waals surface area contributed by atoms with Crippen molar-refractivity contribution in [3.8, 4) is 23.0 Å². The number of hydrogen-bond donors (Lipinski definition) is 0. The lowest BCUT2D eigenvalue weighted by molar-refractivity contribution is 0.590. The summed E-state index contributed by atoms with van der Waals surface area (Å²) in [6.07, 6.45) is 0. The van der Waals surface area contributed by atoms with Crippen molar-refractivity contribution in [2.24, 2.45) is 0 Å². The number of hydrogen-bond acceptors (Lipinski definition) is 0. The highest BCUT2D eigenvalue weighted by molar-refractivity contribution is 6.16. The SMILES string of the molecule is CC(C)(C)c1ccc(C#Cc2c3ccccc3c(-c3ccccc3)c3ccccc23)cc1. The highest BCUT2D eigenvalue weighted by Gasteiger charge is 2.14. The molecule has 0 aromatic heterocycles. The van der Waals surface area contributed by atoms with Crippen LogP contribution in [0.1, 0.15) is 37.5 Å². The first kappa shape index (κ1) is 20.1. The molecule has 0 aliphatic rings. The summed E-state index contributed by atoms with van der Waals surface area (Å²) in [7, 11) is 0. The van der Waals surface area contributed by atoms with Gasteiger partial charge in [-0.2, -0.15) is 0 Å². The summed E-state index contributed by atoms with van der Waals surface area (Å²) in [5, 5.41) is 4.88. The largest absolute Gasteiger partial charge is 0.0622 e. The molecule has 5 aromatic carbocycles. The second-order valence-corrected chi connectivity index (χ2v) is 9.28. The Morgan fingerprint density at radius 1 is 0.500 bits per heavy atom. The van der Waals surface area contributed by atoms with Crippen molar-refractivity contribution in [3.05, 3.63) is 120 Å². The van der Waals surface area contributed by atoms with E-state index in [-0.39, 0.29) is 5.41 Å². The molecule has 154 valence electrons. The van der Waals surface area contributed by atoms with Crippen molar-refractivity contribution in [1.82, 2.24) is 0 Å². The fourth-order valence-electron chi connectivity index (χ4n) is 4.37. The van der Waals surface area contributed by atoms with Gasteiger partial charge in [-0.1, -0.05) is 124 Å². The van der Waals surface area contributed by atoms with Crippen LogP contribution in [-0.2, 0) is 5.41 Å². The van der Waals surface area contributed by atoms with Gasteiger partial charge in [0.1, 0.15) is 0 Å². The maximum absolute atomic E-state index is 3.53. The molecular formula is C32H26. The minimum Gasteiger partial charge on any atom is -0.0622 e. The molecule has 0 saturated carbocycles. The van der Waals surface area contributed by atoms with Gasteiger partial charge in [-0.15, -0.1) is 0 Å². The fraction of sp³-hybridized carbons (Fsp3) is 0.125. The predicted molar refractivity (Wildman–Crippen MR) is 138 cm³/mol. The van der Waals surface area contributed by atoms with Gasteiger partial charge in [0.05, 0.1) is 0 Å². The van der Waals surface area contributed by atoms with E-state index >= 15 is 0 Å². The highest BCUT2D eigenvalue weighted by atomic mass is 14.2. The Labute approximate surface area is 190 Å². The van der Waals surface area contributed by atoms with E-state index in [0.717, 1.165) is 11.1 Å². The van der Waals surface area contributed by atoms with Crippen molar-refractivity contribution in [2.75, 3.05) is 0 Å². The average Bonchev–Trinajstić information content (AvgIpc) is 2.82. The van der Waals surface area contributed by atoms with E-state index in [0.29, 0.717) is 0 Å². The van der Waals surface area contributed by atoms with Crippen molar-refractivity contribution in [1.29, 1.82) is 0 Å². The summed E-state index contributed by atoms with van der Waals surface area (Å²) < 4.78 is 0. The van der Waals surface area contributed by atoms with Crippen molar-refractivity contribution in [3.63, 3.8) is 0 Å². The van der Waals surface area contributed by atoms with Gasteiger partial charge in [-0.05, 0) is 55.8 Å². The molecule has 0 aliphatic heterocycles. The summed E-state index contributed by atoms with van der Waals surface area (Å²) in [5.41, 5.74) is 6.11. The van der Waals surface area contributed by atoms with Gasteiger partial charge in [0.2, 0.25) is 0 Å². The molecule has 0 nitrogen and oxygen atoms in total. The number of benzene rings is 5. The quantitative estimate of drug-likeness (QED) is 0.192. The topological polar surface area (TPSA) is 0 Å². The van der Waals surface area contributed by atoms with Crippen molar-refractivity contribution >= 4 is 21.5 Å². The molecule has 0 spiro atoms. The number of fused-ring (bicyclic) bond motifs is 2. The maximum Gasteiger partial charge on any atom is 0.0406 e. The van der Waals surface area contributed by atoms with Gasteiger partial charge in [0.25, 0.3) is 0 Å². The summed E-state index contributed by atoms with van der Waals surface area (Å²) >= 11 is 0. The van der Waals surface area contributed by atoms with Gasteiger partial charge >= 0.3 is 0 Å². The minimum absolute atomic E-state index is 0.144. The van der Waals surface area contributed by atoms with Crippen LogP contribution < -0.4 is 0 Å². The Bertz CT molecular complexity index is 1410. The molecule has 0 unspecified atom stereocenters. The van der Waals surface area contributed by atoms with E-state index < -0.39 is 0 Å². The maximum atomic E-state index is 3.53. The van der Waals surface area contributed by atoms with Gasteiger partial charge in [-0.25, -0.2) is 0 Å². The molecule has 0 atom stereocenters. The molecule has 0 heterocycles. The minimum atomic E-state index is 0.144. The first-order valence-corrected chi connectivity index (χ1v) is 11.1. The van der Waals surface area contributed by atoms with Gasteiger partial charge in [0, 0.05) is 11.1 Å². The molecular weight excluding hydrogens is 384 g/mol. The Kier molecular flexibility index (Phi) is 5.04. The summed E-state index contributed by atoms with van der Waals surface area (Å²) in [6.45, 7) is 6.71. The molecule has 5 rings (SSSR count). The Balaban J connectivity index is 1.74. The highest BCUT2D eigenvalue weighted by Crippen LogP contribution is 2.38. The fourth-order valence-corrected chi connectivity index (χ4v) is 4.37. The molecule has 0 heteroatoms. The molecule has 0 amide bonds. The predicted octanol–water partition coefficient (Wildman–Crippen LogP) is 8.36. The van der Waals surface area contributed by atoms with E-state index in [9.17, 15) is 0 Å². The number of rotatable bonds is 1. The normalized spacial score (nSPS) is 11.3. The molecule has 0 saturated heterocycles. The molecule has 0 radical (unpaired) electrons. The third kappa shape index (κ3) is 3.68. The van der Waals surface area contributed by atoms with Crippen LogP contribution in [0.25, 0.3) is 32.7 Å². The second kappa shape index (κ2) is 8.03. The summed E-state index contributed by atoms with van der Waals surface area (Å²) in [6, 6.07) is 36.6. The zero-order chi connectivity index (χ0) is 22.1. The molecule has 0 aliphatic carbocycles. The Morgan fingerprint density at radius 2 is 1.00 bits per heavy atom. The lowest BCUT2D eigenvalue weighted by Crippen LogP contribution is -2.10. The van der Waals surface area contributed by atoms with E-state index in [1.54, 1.807) is 0 Å². The molecule has 5 aromatic rings. The standard InChI is InChI=1S/C32H26/c1-32(2,3)25-20-17-23(18-21-25)19-22-28-26-13-7-9-15-29(26)31(24-11-5-4-6-12-24)30-16-10-8-14-27(28)30/h4-18,20-21H,1-3H3. The van der Waals surface area contributed by atoms with Gasteiger partial charge < -0.3 is 0 Å². The van der Waals surface area contributed by atoms with Crippen LogP contribution in [0.5, 0.6) is 0 Å². The third-order valence-electron chi connectivity index (χ3n) is 6.08. The molecule has 32 heavy (non-hydrogen) atoms. The van der Waals surface area contributed by atoms with Crippen LogP contribution in [0.3, 0.4) is 0 Å². The van der Waals surface area contributed by atoms with Crippen LogP contribution in [-0.4, -0.2) is 0 Å². The molecule has 0 N–H and O–H groups in total. The van der Waals surface area contributed by atoms with Crippen LogP contribution in [0.15, 0.2) is 103 Å². The first-order chi connectivity index (χ1) is 15.5. The van der Waals surface area contributed by atoms with Gasteiger partial charge in [0.15, 0.2) is 0 Å². The second-order valence-electron chi connectivity index (χ2n) is 9.28. The smallest absolute Gasteiger partial charge is 0.0406 e. The van der Waals surface area contributed by atoms with Crippen LogP contribution in [0.2, 0.25) is 0 Å². The van der Waals surface area contributed by atoms with E-state index in [2.05, 4.69) is 136 Å². The monoisotopic (exact) mass is 410 g/mol. The lowest BCUT2D eigenvalue weighted by Gasteiger charge is -2.18. The Hall–Kier alpha value is -3.82. The summed E-state index contributed by atoms with van der Waals surface area (Å²) in [5.74, 6) is 6.97. The van der Waals surface area contributed by atoms with Crippen LogP contribution >= 0.6 is 0 Å². The van der Waals surface area contributed by atoms with Crippen molar-refractivity contribution in [2.45, 2.75) is 26.2 Å². The Morgan fingerprint density at radius 3 is 1.53 bits per heavy atom. The average molecular weight is 411 g/mol. The van der Waals surface area contributed by atoms with E-state index in [1.165, 1.54) is 38.2 Å².